The van der Waals surface area contributed by atoms with Crippen molar-refractivity contribution in [3.63, 3.8) is 0 Å². The van der Waals surface area contributed by atoms with E-state index in [1.54, 1.807) is 0 Å². The van der Waals surface area contributed by atoms with Crippen LogP contribution in [0.3, 0.4) is 0 Å². The van der Waals surface area contributed by atoms with Crippen LogP contribution < -0.4 is 0 Å². The molecular formula is C15H24N2O. The summed E-state index contributed by atoms with van der Waals surface area (Å²) in [4.78, 5) is 4.68. The Hall–Kier alpha value is -0.900. The van der Waals surface area contributed by atoms with Crippen LogP contribution in [-0.2, 0) is 0 Å². The Morgan fingerprint density at radius 2 is 1.89 bits per heavy atom. The predicted molar refractivity (Wildman–Crippen MR) is 74.6 cm³/mol. The maximum absolute atomic E-state index is 10.2. The molecule has 1 atom stereocenters. The quantitative estimate of drug-likeness (QED) is 0.879. The fourth-order valence-electron chi connectivity index (χ4n) is 2.64. The second-order valence-corrected chi connectivity index (χ2v) is 5.40. The molecule has 0 aromatic heterocycles. The Balaban J connectivity index is 1.85. The lowest BCUT2D eigenvalue weighted by Crippen LogP contribution is -2.43. The van der Waals surface area contributed by atoms with E-state index in [-0.39, 0.29) is 6.10 Å². The van der Waals surface area contributed by atoms with Gasteiger partial charge in [-0.3, -0.25) is 0 Å². The minimum Gasteiger partial charge on any atom is -0.387 e. The topological polar surface area (TPSA) is 26.7 Å². The molecular weight excluding hydrogens is 224 g/mol. The van der Waals surface area contributed by atoms with Gasteiger partial charge in [-0.05, 0) is 45.6 Å². The van der Waals surface area contributed by atoms with Crippen LogP contribution in [0.2, 0.25) is 0 Å². The summed E-state index contributed by atoms with van der Waals surface area (Å²) in [6.07, 6.45) is 2.03. The summed E-state index contributed by atoms with van der Waals surface area (Å²) in [5, 5.41) is 10.2. The van der Waals surface area contributed by atoms with Crippen LogP contribution in [0.5, 0.6) is 0 Å². The summed E-state index contributed by atoms with van der Waals surface area (Å²) in [7, 11) is 4.30. The molecule has 1 saturated heterocycles. The van der Waals surface area contributed by atoms with E-state index < -0.39 is 0 Å². The molecule has 1 fully saturated rings. The summed E-state index contributed by atoms with van der Waals surface area (Å²) in [5.74, 6) is 0. The largest absolute Gasteiger partial charge is 0.387 e. The number of likely N-dealkylation sites (N-methyl/N-ethyl adjacent to an activating group) is 1. The maximum atomic E-state index is 10.2. The van der Waals surface area contributed by atoms with Crippen molar-refractivity contribution < 1.29 is 5.11 Å². The molecule has 18 heavy (non-hydrogen) atoms. The second-order valence-electron chi connectivity index (χ2n) is 5.40. The highest BCUT2D eigenvalue weighted by Gasteiger charge is 2.22. The van der Waals surface area contributed by atoms with E-state index in [9.17, 15) is 5.11 Å². The highest BCUT2D eigenvalue weighted by Crippen LogP contribution is 2.18. The normalized spacial score (nSPS) is 20.2. The fourth-order valence-corrected chi connectivity index (χ4v) is 2.64. The SMILES string of the molecule is CN1CCC(N(C)C[C@H](O)c2ccccc2)CC1. The molecule has 0 saturated carbocycles. The average molecular weight is 248 g/mol. The third kappa shape index (κ3) is 3.55. The van der Waals surface area contributed by atoms with E-state index in [1.165, 1.54) is 12.8 Å². The van der Waals surface area contributed by atoms with Crippen LogP contribution in [-0.4, -0.2) is 54.7 Å². The molecule has 2 rings (SSSR count). The summed E-state index contributed by atoms with van der Waals surface area (Å²) >= 11 is 0. The van der Waals surface area contributed by atoms with Crippen molar-refractivity contribution in [1.29, 1.82) is 0 Å². The van der Waals surface area contributed by atoms with Gasteiger partial charge in [0.25, 0.3) is 0 Å². The number of aliphatic hydroxyl groups excluding tert-OH is 1. The van der Waals surface area contributed by atoms with Crippen molar-refractivity contribution in [2.24, 2.45) is 0 Å². The molecule has 3 nitrogen and oxygen atoms in total. The van der Waals surface area contributed by atoms with Gasteiger partial charge < -0.3 is 14.9 Å². The van der Waals surface area contributed by atoms with Gasteiger partial charge in [-0.1, -0.05) is 30.3 Å². The Morgan fingerprint density at radius 1 is 1.28 bits per heavy atom. The van der Waals surface area contributed by atoms with Gasteiger partial charge in [0.1, 0.15) is 0 Å². The minimum absolute atomic E-state index is 0.379. The Kier molecular flexibility index (Phi) is 4.75. The number of hydrogen-bond donors (Lipinski definition) is 1. The zero-order valence-corrected chi connectivity index (χ0v) is 11.4. The molecule has 0 aliphatic carbocycles. The summed E-state index contributed by atoms with van der Waals surface area (Å²) in [5.41, 5.74) is 1.01. The highest BCUT2D eigenvalue weighted by atomic mass is 16.3. The first kappa shape index (κ1) is 13.5. The smallest absolute Gasteiger partial charge is 0.0916 e. The molecule has 0 radical (unpaired) electrons. The fraction of sp³-hybridized carbons (Fsp3) is 0.600. The van der Waals surface area contributed by atoms with E-state index in [4.69, 9.17) is 0 Å². The Morgan fingerprint density at radius 3 is 2.50 bits per heavy atom. The summed E-state index contributed by atoms with van der Waals surface area (Å²) < 4.78 is 0. The molecule has 0 amide bonds. The monoisotopic (exact) mass is 248 g/mol. The summed E-state index contributed by atoms with van der Waals surface area (Å²) in [6.45, 7) is 3.05. The van der Waals surface area contributed by atoms with Crippen molar-refractivity contribution in [2.75, 3.05) is 33.7 Å². The Labute approximate surface area is 110 Å². The molecule has 1 aromatic rings. The van der Waals surface area contributed by atoms with Crippen LogP contribution in [0.4, 0.5) is 0 Å². The third-order valence-corrected chi connectivity index (χ3v) is 3.96. The van der Waals surface area contributed by atoms with Crippen molar-refractivity contribution in [3.05, 3.63) is 35.9 Å². The van der Waals surface area contributed by atoms with Gasteiger partial charge in [0.05, 0.1) is 6.10 Å². The van der Waals surface area contributed by atoms with E-state index >= 15 is 0 Å². The molecule has 1 N–H and O–H groups in total. The number of piperidine rings is 1. The lowest BCUT2D eigenvalue weighted by molar-refractivity contribution is 0.0789. The van der Waals surface area contributed by atoms with Gasteiger partial charge in [0, 0.05) is 12.6 Å². The first-order chi connectivity index (χ1) is 8.66. The maximum Gasteiger partial charge on any atom is 0.0916 e. The number of nitrogens with zero attached hydrogens (tertiary/aromatic N) is 2. The number of hydrogen-bond acceptors (Lipinski definition) is 3. The van der Waals surface area contributed by atoms with Gasteiger partial charge in [0.15, 0.2) is 0 Å². The zero-order chi connectivity index (χ0) is 13.0. The zero-order valence-electron chi connectivity index (χ0n) is 11.4. The first-order valence-electron chi connectivity index (χ1n) is 6.78. The molecule has 3 heteroatoms. The van der Waals surface area contributed by atoms with Crippen LogP contribution in [0.15, 0.2) is 30.3 Å². The van der Waals surface area contributed by atoms with Crippen LogP contribution in [0.25, 0.3) is 0 Å². The number of likely N-dealkylation sites (tertiary alicyclic amines) is 1. The number of benzene rings is 1. The average Bonchev–Trinajstić information content (AvgIpc) is 2.40. The van der Waals surface area contributed by atoms with Crippen molar-refractivity contribution in [1.82, 2.24) is 9.80 Å². The predicted octanol–water partition coefficient (Wildman–Crippen LogP) is 1.75. The number of aliphatic hydroxyl groups is 1. The molecule has 1 heterocycles. The number of rotatable bonds is 4. The summed E-state index contributed by atoms with van der Waals surface area (Å²) in [6, 6.07) is 10.5. The standard InChI is InChI=1S/C15H24N2O/c1-16-10-8-14(9-11-16)17(2)12-15(18)13-6-4-3-5-7-13/h3-7,14-15,18H,8-12H2,1-2H3/t15-/m0/s1. The molecule has 1 aromatic carbocycles. The molecule has 100 valence electrons. The Bertz CT molecular complexity index is 347. The van der Waals surface area contributed by atoms with E-state index in [1.807, 2.05) is 30.3 Å². The first-order valence-corrected chi connectivity index (χ1v) is 6.78. The van der Waals surface area contributed by atoms with Gasteiger partial charge in [-0.2, -0.15) is 0 Å². The van der Waals surface area contributed by atoms with Crippen LogP contribution in [0, 0.1) is 0 Å². The molecule has 1 aliphatic rings. The van der Waals surface area contributed by atoms with Crippen LogP contribution >= 0.6 is 0 Å². The molecule has 0 spiro atoms. The molecule has 0 bridgehead atoms. The molecule has 1 aliphatic heterocycles. The van der Waals surface area contributed by atoms with Crippen molar-refractivity contribution in [3.8, 4) is 0 Å². The minimum atomic E-state index is -0.379. The van der Waals surface area contributed by atoms with E-state index in [0.717, 1.165) is 25.2 Å². The van der Waals surface area contributed by atoms with Crippen molar-refractivity contribution in [2.45, 2.75) is 25.0 Å². The second kappa shape index (κ2) is 6.32. The van der Waals surface area contributed by atoms with Crippen LogP contribution in [0.1, 0.15) is 24.5 Å². The molecule has 0 unspecified atom stereocenters. The third-order valence-electron chi connectivity index (χ3n) is 3.96. The van der Waals surface area contributed by atoms with E-state index in [0.29, 0.717) is 6.04 Å². The van der Waals surface area contributed by atoms with Gasteiger partial charge in [-0.25, -0.2) is 0 Å². The highest BCUT2D eigenvalue weighted by molar-refractivity contribution is 5.17. The van der Waals surface area contributed by atoms with E-state index in [2.05, 4.69) is 23.9 Å². The van der Waals surface area contributed by atoms with Gasteiger partial charge in [-0.15, -0.1) is 0 Å². The lowest BCUT2D eigenvalue weighted by Gasteiger charge is -2.36. The van der Waals surface area contributed by atoms with Gasteiger partial charge in [0.2, 0.25) is 0 Å². The lowest BCUT2D eigenvalue weighted by atomic mass is 10.0. The van der Waals surface area contributed by atoms with Gasteiger partial charge >= 0.3 is 0 Å². The van der Waals surface area contributed by atoms with Crippen molar-refractivity contribution >= 4 is 0 Å².